The minimum absolute atomic E-state index is 0.0436. The number of hydrogen-bond acceptors (Lipinski definition) is 5. The second-order valence-corrected chi connectivity index (χ2v) is 19.9. The zero-order valence-electron chi connectivity index (χ0n) is 26.8. The smallest absolute Gasteiger partial charge is 0.419 e. The van der Waals surface area contributed by atoms with E-state index in [1.54, 1.807) is 6.07 Å². The molecule has 2 aromatic rings. The SMILES string of the molecule is COc1cc([C@H]2OC3(CCOCC3)c3c4c(nc(C(C)C)c32)CC2(CC2)CC4O[Si](C)(C)C(C)(C)C)ccc1C(F)(F)F. The Morgan fingerprint density at radius 3 is 2.26 bits per heavy atom. The van der Waals surface area contributed by atoms with Crippen LogP contribution in [-0.2, 0) is 32.1 Å². The van der Waals surface area contributed by atoms with Crippen molar-refractivity contribution in [2.75, 3.05) is 20.3 Å². The third-order valence-corrected chi connectivity index (χ3v) is 15.3. The number of fused-ring (bicyclic) bond motifs is 4. The van der Waals surface area contributed by atoms with Gasteiger partial charge in [0.2, 0.25) is 0 Å². The van der Waals surface area contributed by atoms with Crippen LogP contribution in [0.4, 0.5) is 13.2 Å². The highest BCUT2D eigenvalue weighted by Gasteiger charge is 2.57. The number of ether oxygens (including phenoxy) is 3. The van der Waals surface area contributed by atoms with Crippen LogP contribution in [0.1, 0.15) is 124 Å². The van der Waals surface area contributed by atoms with Crippen molar-refractivity contribution in [3.8, 4) is 5.75 Å². The lowest BCUT2D eigenvalue weighted by Crippen LogP contribution is -2.44. The Balaban J connectivity index is 1.59. The van der Waals surface area contributed by atoms with E-state index in [0.29, 0.717) is 31.6 Å². The Kier molecular flexibility index (Phi) is 7.43. The summed E-state index contributed by atoms with van der Waals surface area (Å²) in [4.78, 5) is 5.43. The molecule has 2 atom stereocenters. The molecule has 5 nitrogen and oxygen atoms in total. The van der Waals surface area contributed by atoms with Gasteiger partial charge in [-0.2, -0.15) is 13.2 Å². The molecule has 0 N–H and O–H groups in total. The average molecular weight is 618 g/mol. The Morgan fingerprint density at radius 2 is 1.70 bits per heavy atom. The van der Waals surface area contributed by atoms with Crippen LogP contribution in [0.15, 0.2) is 18.2 Å². The van der Waals surface area contributed by atoms with Crippen molar-refractivity contribution in [1.29, 1.82) is 0 Å². The lowest BCUT2D eigenvalue weighted by molar-refractivity contribution is -0.139. The number of halogens is 3. The first-order valence-corrected chi connectivity index (χ1v) is 18.7. The van der Waals surface area contributed by atoms with Gasteiger partial charge in [-0.15, -0.1) is 0 Å². The summed E-state index contributed by atoms with van der Waals surface area (Å²) in [5.41, 5.74) is 4.97. The van der Waals surface area contributed by atoms with E-state index in [-0.39, 0.29) is 28.2 Å². The van der Waals surface area contributed by atoms with Gasteiger partial charge in [-0.05, 0) is 78.4 Å². The topological polar surface area (TPSA) is 49.8 Å². The zero-order chi connectivity index (χ0) is 31.2. The van der Waals surface area contributed by atoms with Gasteiger partial charge in [-0.3, -0.25) is 4.98 Å². The first kappa shape index (κ1) is 31.1. The van der Waals surface area contributed by atoms with Gasteiger partial charge in [-0.25, -0.2) is 0 Å². The number of hydrogen-bond donors (Lipinski definition) is 0. The number of aromatic nitrogens is 1. The Hall–Kier alpha value is -1.94. The van der Waals surface area contributed by atoms with Crippen molar-refractivity contribution in [3.63, 3.8) is 0 Å². The normalized spacial score (nSPS) is 24.4. The molecule has 6 rings (SSSR count). The van der Waals surface area contributed by atoms with Crippen LogP contribution in [0.3, 0.4) is 0 Å². The third-order valence-electron chi connectivity index (χ3n) is 10.8. The first-order chi connectivity index (χ1) is 20.0. The molecule has 1 saturated carbocycles. The van der Waals surface area contributed by atoms with Crippen LogP contribution in [0.2, 0.25) is 18.1 Å². The predicted octanol–water partition coefficient (Wildman–Crippen LogP) is 9.15. The number of nitrogens with zero attached hydrogens (tertiary/aromatic N) is 1. The summed E-state index contributed by atoms with van der Waals surface area (Å²) < 4.78 is 67.0. The van der Waals surface area contributed by atoms with E-state index in [0.717, 1.165) is 35.9 Å². The van der Waals surface area contributed by atoms with Gasteiger partial charge in [0.05, 0.1) is 24.4 Å². The molecule has 0 amide bonds. The Labute approximate surface area is 255 Å². The van der Waals surface area contributed by atoms with E-state index in [2.05, 4.69) is 47.7 Å². The number of methoxy groups -OCH3 is 1. The minimum Gasteiger partial charge on any atom is -0.496 e. The van der Waals surface area contributed by atoms with E-state index in [1.165, 1.54) is 37.1 Å². The molecule has 2 aliphatic carbocycles. The summed E-state index contributed by atoms with van der Waals surface area (Å²) in [6, 6.07) is 4.17. The maximum absolute atomic E-state index is 13.8. The van der Waals surface area contributed by atoms with E-state index in [9.17, 15) is 13.2 Å². The average Bonchev–Trinajstić information content (AvgIpc) is 3.58. The molecule has 2 spiro atoms. The molecular formula is C34H46F3NO4Si. The fourth-order valence-corrected chi connectivity index (χ4v) is 8.49. The van der Waals surface area contributed by atoms with Gasteiger partial charge < -0.3 is 18.6 Å². The summed E-state index contributed by atoms with van der Waals surface area (Å²) in [5, 5.41) is 0.0436. The molecular weight excluding hydrogens is 571 g/mol. The van der Waals surface area contributed by atoms with Crippen LogP contribution in [0.5, 0.6) is 5.75 Å². The second kappa shape index (κ2) is 10.3. The quantitative estimate of drug-likeness (QED) is 0.313. The van der Waals surface area contributed by atoms with Crippen molar-refractivity contribution in [2.45, 2.75) is 121 Å². The zero-order valence-corrected chi connectivity index (χ0v) is 27.8. The number of benzene rings is 1. The molecule has 1 aromatic carbocycles. The summed E-state index contributed by atoms with van der Waals surface area (Å²) in [7, 11) is -0.875. The summed E-state index contributed by atoms with van der Waals surface area (Å²) in [6.07, 6.45) is 0.512. The van der Waals surface area contributed by atoms with Crippen molar-refractivity contribution in [3.05, 3.63) is 57.4 Å². The number of pyridine rings is 1. The molecule has 43 heavy (non-hydrogen) atoms. The van der Waals surface area contributed by atoms with Gasteiger partial charge in [0, 0.05) is 48.6 Å². The van der Waals surface area contributed by atoms with Crippen molar-refractivity contribution < 1.29 is 31.8 Å². The molecule has 1 saturated heterocycles. The molecule has 0 bridgehead atoms. The van der Waals surface area contributed by atoms with Gasteiger partial charge in [0.25, 0.3) is 0 Å². The van der Waals surface area contributed by atoms with Gasteiger partial charge in [-0.1, -0.05) is 40.7 Å². The minimum atomic E-state index is -4.52. The summed E-state index contributed by atoms with van der Waals surface area (Å²) in [6.45, 7) is 16.9. The van der Waals surface area contributed by atoms with Crippen LogP contribution < -0.4 is 4.74 Å². The summed E-state index contributed by atoms with van der Waals surface area (Å²) in [5.74, 6) is -0.0942. The third kappa shape index (κ3) is 5.26. The summed E-state index contributed by atoms with van der Waals surface area (Å²) >= 11 is 0. The van der Waals surface area contributed by atoms with E-state index in [4.69, 9.17) is 23.6 Å². The van der Waals surface area contributed by atoms with Crippen molar-refractivity contribution in [2.24, 2.45) is 5.41 Å². The van der Waals surface area contributed by atoms with Crippen molar-refractivity contribution in [1.82, 2.24) is 4.98 Å². The van der Waals surface area contributed by atoms with E-state index >= 15 is 0 Å². The molecule has 2 fully saturated rings. The van der Waals surface area contributed by atoms with E-state index in [1.807, 2.05) is 0 Å². The molecule has 236 valence electrons. The van der Waals surface area contributed by atoms with Crippen LogP contribution >= 0.6 is 0 Å². The largest absolute Gasteiger partial charge is 0.496 e. The van der Waals surface area contributed by atoms with Gasteiger partial charge in [0.1, 0.15) is 11.9 Å². The van der Waals surface area contributed by atoms with Crippen LogP contribution in [0, 0.1) is 5.41 Å². The maximum atomic E-state index is 13.8. The standard InChI is InChI=1S/C34H46F3NO4Si/c1-20(2)29-27-28(26-23(38-29)18-32(11-12-32)19-25(26)42-43(7,8)31(3,4)5)33(13-15-40-16-14-33)41-30(27)21-9-10-22(34(35,36)37)24(17-21)39-6/h9-10,17,20,25,30H,11-16,18-19H2,1-8H3/t25?,30-/m1/s1. The van der Waals surface area contributed by atoms with Gasteiger partial charge in [0.15, 0.2) is 8.32 Å². The Morgan fingerprint density at radius 1 is 1.02 bits per heavy atom. The molecule has 0 radical (unpaired) electrons. The van der Waals surface area contributed by atoms with Crippen molar-refractivity contribution >= 4 is 8.32 Å². The van der Waals surface area contributed by atoms with Gasteiger partial charge >= 0.3 is 6.18 Å². The second-order valence-electron chi connectivity index (χ2n) is 15.1. The molecule has 1 unspecified atom stereocenters. The highest BCUT2D eigenvalue weighted by Crippen LogP contribution is 2.63. The maximum Gasteiger partial charge on any atom is 0.419 e. The van der Waals surface area contributed by atoms with Crippen LogP contribution in [0.25, 0.3) is 0 Å². The molecule has 2 aliphatic heterocycles. The van der Waals surface area contributed by atoms with Crippen LogP contribution in [-0.4, -0.2) is 33.6 Å². The lowest BCUT2D eigenvalue weighted by atomic mass is 9.73. The predicted molar refractivity (Wildman–Crippen MR) is 162 cm³/mol. The molecule has 9 heteroatoms. The molecule has 4 aliphatic rings. The fraction of sp³-hybridized carbons (Fsp3) is 0.676. The Bertz CT molecular complexity index is 1400. The first-order valence-electron chi connectivity index (χ1n) is 15.8. The number of rotatable bonds is 5. The highest BCUT2D eigenvalue weighted by atomic mass is 28.4. The molecule has 1 aromatic heterocycles. The van der Waals surface area contributed by atoms with E-state index < -0.39 is 31.8 Å². The highest BCUT2D eigenvalue weighted by molar-refractivity contribution is 6.74. The lowest BCUT2D eigenvalue weighted by Gasteiger charge is -2.44. The monoisotopic (exact) mass is 617 g/mol. The fourth-order valence-electron chi connectivity index (χ4n) is 7.23. The number of alkyl halides is 3. The molecule has 3 heterocycles.